The first kappa shape index (κ1) is 16.4. The second-order valence-corrected chi connectivity index (χ2v) is 6.79. The van der Waals surface area contributed by atoms with Crippen molar-refractivity contribution >= 4 is 23.8 Å². The lowest BCUT2D eigenvalue weighted by atomic mass is 10.0. The molecule has 7 heteroatoms. The first-order chi connectivity index (χ1) is 10.1. The van der Waals surface area contributed by atoms with Crippen molar-refractivity contribution in [3.05, 3.63) is 0 Å². The molecule has 2 atom stereocenters. The molecule has 2 aliphatic heterocycles. The molecule has 2 N–H and O–H groups in total. The molecule has 0 aromatic rings. The molecule has 2 saturated heterocycles. The number of hydrogen-bond acceptors (Lipinski definition) is 4. The lowest BCUT2D eigenvalue weighted by Crippen LogP contribution is -2.51. The minimum absolute atomic E-state index is 0.0224. The number of thioether (sulfide) groups is 1. The Balaban J connectivity index is 1.91. The van der Waals surface area contributed by atoms with Gasteiger partial charge in [-0.25, -0.2) is 9.59 Å². The van der Waals surface area contributed by atoms with Crippen molar-refractivity contribution in [2.24, 2.45) is 5.92 Å². The van der Waals surface area contributed by atoms with Crippen molar-refractivity contribution in [1.29, 1.82) is 0 Å². The van der Waals surface area contributed by atoms with Gasteiger partial charge in [0.05, 0.1) is 5.37 Å². The number of rotatable bonds is 5. The van der Waals surface area contributed by atoms with E-state index in [1.807, 2.05) is 6.92 Å². The van der Waals surface area contributed by atoms with Gasteiger partial charge in [-0.1, -0.05) is 13.3 Å². The molecule has 0 bridgehead atoms. The van der Waals surface area contributed by atoms with E-state index in [1.165, 1.54) is 4.90 Å². The molecule has 0 aromatic carbocycles. The molecule has 2 unspecified atom stereocenters. The highest BCUT2D eigenvalue weighted by Gasteiger charge is 2.41. The van der Waals surface area contributed by atoms with Crippen molar-refractivity contribution in [2.45, 2.75) is 44.0 Å². The molecule has 2 fully saturated rings. The van der Waals surface area contributed by atoms with Crippen molar-refractivity contribution in [1.82, 2.24) is 10.2 Å². The van der Waals surface area contributed by atoms with Crippen molar-refractivity contribution < 1.29 is 19.4 Å². The van der Waals surface area contributed by atoms with Gasteiger partial charge in [0.15, 0.2) is 0 Å². The van der Waals surface area contributed by atoms with Crippen LogP contribution >= 0.6 is 11.8 Å². The van der Waals surface area contributed by atoms with Crippen LogP contribution in [0.15, 0.2) is 0 Å². The number of ether oxygens (including phenoxy) is 1. The zero-order chi connectivity index (χ0) is 15.2. The number of nitrogens with zero attached hydrogens (tertiary/aromatic N) is 1. The van der Waals surface area contributed by atoms with Crippen LogP contribution in [0.4, 0.5) is 4.79 Å². The van der Waals surface area contributed by atoms with Crippen LogP contribution in [0.1, 0.15) is 32.6 Å². The average molecular weight is 316 g/mol. The minimum Gasteiger partial charge on any atom is -0.480 e. The van der Waals surface area contributed by atoms with Crippen LogP contribution in [-0.4, -0.2) is 58.9 Å². The molecule has 0 saturated carbocycles. The van der Waals surface area contributed by atoms with E-state index in [0.29, 0.717) is 18.2 Å². The largest absolute Gasteiger partial charge is 0.480 e. The topological polar surface area (TPSA) is 78.9 Å². The summed E-state index contributed by atoms with van der Waals surface area (Å²) in [4.78, 5) is 25.2. The maximum atomic E-state index is 12.4. The third kappa shape index (κ3) is 4.26. The lowest BCUT2D eigenvalue weighted by molar-refractivity contribution is -0.141. The first-order valence-corrected chi connectivity index (χ1v) is 8.66. The normalized spacial score (nSPS) is 26.8. The third-order valence-electron chi connectivity index (χ3n) is 4.03. The predicted molar refractivity (Wildman–Crippen MR) is 81.4 cm³/mol. The number of carboxylic acids is 1. The molecule has 2 rings (SSSR count). The smallest absolute Gasteiger partial charge is 0.327 e. The Kier molecular flexibility index (Phi) is 6.17. The summed E-state index contributed by atoms with van der Waals surface area (Å²) in [5.74, 6) is -0.00166. The molecule has 2 heterocycles. The number of urea groups is 1. The average Bonchev–Trinajstić information content (AvgIpc) is 2.90. The van der Waals surface area contributed by atoms with Crippen molar-refractivity contribution in [2.75, 3.05) is 25.5 Å². The van der Waals surface area contributed by atoms with Gasteiger partial charge in [0.2, 0.25) is 0 Å². The second kappa shape index (κ2) is 7.89. The summed E-state index contributed by atoms with van der Waals surface area (Å²) in [5, 5.41) is 12.2. The summed E-state index contributed by atoms with van der Waals surface area (Å²) in [7, 11) is 0. The molecular formula is C14H24N2O4S. The molecule has 21 heavy (non-hydrogen) atoms. The summed E-state index contributed by atoms with van der Waals surface area (Å²) in [6, 6.07) is -0.946. The van der Waals surface area contributed by atoms with Gasteiger partial charge in [0.1, 0.15) is 6.04 Å². The van der Waals surface area contributed by atoms with E-state index in [4.69, 9.17) is 4.74 Å². The number of hydrogen-bond donors (Lipinski definition) is 2. The Morgan fingerprint density at radius 3 is 2.71 bits per heavy atom. The monoisotopic (exact) mass is 316 g/mol. The van der Waals surface area contributed by atoms with E-state index in [2.05, 4.69) is 5.32 Å². The predicted octanol–water partition coefficient (Wildman–Crippen LogP) is 1.75. The third-order valence-corrected chi connectivity index (χ3v) is 5.39. The molecule has 0 aromatic heterocycles. The van der Waals surface area contributed by atoms with Gasteiger partial charge in [0.25, 0.3) is 0 Å². The molecular weight excluding hydrogens is 292 g/mol. The number of carboxylic acid groups (broad SMARTS) is 1. The van der Waals surface area contributed by atoms with Crippen LogP contribution < -0.4 is 5.32 Å². The van der Waals surface area contributed by atoms with Crippen LogP contribution in [-0.2, 0) is 9.53 Å². The highest BCUT2D eigenvalue weighted by molar-refractivity contribution is 8.00. The first-order valence-electron chi connectivity index (χ1n) is 7.61. The number of carbonyl (C=O) groups excluding carboxylic acids is 1. The zero-order valence-corrected chi connectivity index (χ0v) is 13.2. The van der Waals surface area contributed by atoms with Crippen LogP contribution in [0.3, 0.4) is 0 Å². The Morgan fingerprint density at radius 1 is 1.38 bits per heavy atom. The quantitative estimate of drug-likeness (QED) is 0.808. The summed E-state index contributed by atoms with van der Waals surface area (Å²) in [6.07, 6.45) is 3.68. The summed E-state index contributed by atoms with van der Waals surface area (Å²) >= 11 is 1.57. The maximum absolute atomic E-state index is 12.4. The SMILES string of the molecule is CCCC1SCC(C(=O)O)N1C(=O)NCC1CCOCC1. The number of amides is 2. The number of aliphatic carboxylic acids is 1. The number of carbonyl (C=O) groups is 2. The molecule has 2 amide bonds. The number of nitrogens with one attached hydrogen (secondary N) is 1. The highest BCUT2D eigenvalue weighted by atomic mass is 32.2. The van der Waals surface area contributed by atoms with E-state index in [9.17, 15) is 14.7 Å². The van der Waals surface area contributed by atoms with Gasteiger partial charge in [-0.2, -0.15) is 0 Å². The highest BCUT2D eigenvalue weighted by Crippen LogP contribution is 2.32. The Bertz CT molecular complexity index is 374. The maximum Gasteiger partial charge on any atom is 0.327 e. The van der Waals surface area contributed by atoms with E-state index < -0.39 is 12.0 Å². The van der Waals surface area contributed by atoms with E-state index >= 15 is 0 Å². The fourth-order valence-corrected chi connectivity index (χ4v) is 4.28. The van der Waals surface area contributed by atoms with E-state index in [0.717, 1.165) is 38.9 Å². The van der Waals surface area contributed by atoms with Crippen LogP contribution in [0.2, 0.25) is 0 Å². The lowest BCUT2D eigenvalue weighted by Gasteiger charge is -2.29. The van der Waals surface area contributed by atoms with Crippen LogP contribution in [0, 0.1) is 5.92 Å². The van der Waals surface area contributed by atoms with E-state index in [1.54, 1.807) is 11.8 Å². The van der Waals surface area contributed by atoms with Gasteiger partial charge < -0.3 is 15.2 Å². The van der Waals surface area contributed by atoms with Gasteiger partial charge in [0, 0.05) is 25.5 Å². The molecule has 2 aliphatic rings. The molecule has 0 radical (unpaired) electrons. The molecule has 120 valence electrons. The molecule has 0 spiro atoms. The van der Waals surface area contributed by atoms with Gasteiger partial charge >= 0.3 is 12.0 Å². The summed E-state index contributed by atoms with van der Waals surface area (Å²) < 4.78 is 5.30. The van der Waals surface area contributed by atoms with Gasteiger partial charge in [-0.05, 0) is 25.2 Å². The Labute approximate surface area is 129 Å². The van der Waals surface area contributed by atoms with Crippen molar-refractivity contribution in [3.8, 4) is 0 Å². The zero-order valence-electron chi connectivity index (χ0n) is 12.4. The van der Waals surface area contributed by atoms with Crippen LogP contribution in [0.25, 0.3) is 0 Å². The summed E-state index contributed by atoms with van der Waals surface area (Å²) in [6.45, 7) is 4.15. The minimum atomic E-state index is -0.915. The van der Waals surface area contributed by atoms with Gasteiger partial charge in [-0.3, -0.25) is 4.90 Å². The summed E-state index contributed by atoms with van der Waals surface area (Å²) in [5.41, 5.74) is 0. The molecule has 0 aliphatic carbocycles. The van der Waals surface area contributed by atoms with E-state index in [-0.39, 0.29) is 11.4 Å². The fraction of sp³-hybridized carbons (Fsp3) is 0.857. The van der Waals surface area contributed by atoms with Crippen molar-refractivity contribution in [3.63, 3.8) is 0 Å². The Morgan fingerprint density at radius 2 is 2.10 bits per heavy atom. The second-order valence-electron chi connectivity index (χ2n) is 5.58. The molecule has 6 nitrogen and oxygen atoms in total. The Hall–Kier alpha value is -0.950. The van der Waals surface area contributed by atoms with Gasteiger partial charge in [-0.15, -0.1) is 11.8 Å². The van der Waals surface area contributed by atoms with Crippen LogP contribution in [0.5, 0.6) is 0 Å². The standard InChI is InChI=1S/C14H24N2O4S/c1-2-3-12-16(11(9-21-12)13(17)18)14(19)15-8-10-4-6-20-7-5-10/h10-12H,2-9H2,1H3,(H,15,19)(H,17,18). The fourth-order valence-electron chi connectivity index (χ4n) is 2.77.